The van der Waals surface area contributed by atoms with Gasteiger partial charge in [-0.1, -0.05) is 90.6 Å². The Balaban J connectivity index is 1.52. The van der Waals surface area contributed by atoms with E-state index in [0.29, 0.717) is 25.1 Å². The maximum Gasteiger partial charge on any atom is 0.321 e. The second-order valence-corrected chi connectivity index (χ2v) is 7.38. The predicted octanol–water partition coefficient (Wildman–Crippen LogP) is 5.79. The Morgan fingerprint density at radius 1 is 0.621 bits per heavy atom. The summed E-state index contributed by atoms with van der Waals surface area (Å²) in [5.41, 5.74) is 2.14. The molecule has 0 saturated carbocycles. The van der Waals surface area contributed by atoms with E-state index in [4.69, 9.17) is 9.47 Å². The monoisotopic (exact) mass is 400 g/mol. The molecule has 4 nitrogen and oxygen atoms in total. The van der Waals surface area contributed by atoms with Crippen LogP contribution in [0, 0.1) is 0 Å². The predicted molar refractivity (Wildman–Crippen MR) is 114 cm³/mol. The van der Waals surface area contributed by atoms with Gasteiger partial charge >= 0.3 is 6.01 Å². The standard InChI is InChI=1S/C24H20N2O2S/c1-4-10-19(11-5-1)17-27-22-16-23(29-21-14-8-3-9-15-21)26-24(25-22)28-18-20-12-6-2-7-13-20/h1-16H,17-18H2. The molecule has 0 radical (unpaired) electrons. The van der Waals surface area contributed by atoms with Crippen LogP contribution in [-0.2, 0) is 13.2 Å². The van der Waals surface area contributed by atoms with Gasteiger partial charge in [-0.25, -0.2) is 0 Å². The summed E-state index contributed by atoms with van der Waals surface area (Å²) in [6, 6.07) is 32.2. The van der Waals surface area contributed by atoms with Crippen LogP contribution in [0.3, 0.4) is 0 Å². The van der Waals surface area contributed by atoms with Crippen molar-refractivity contribution in [3.05, 3.63) is 108 Å². The van der Waals surface area contributed by atoms with Crippen LogP contribution in [0.2, 0.25) is 0 Å². The highest BCUT2D eigenvalue weighted by Gasteiger charge is 2.09. The van der Waals surface area contributed by atoms with Gasteiger partial charge in [-0.2, -0.15) is 9.97 Å². The van der Waals surface area contributed by atoms with Gasteiger partial charge in [-0.3, -0.25) is 0 Å². The topological polar surface area (TPSA) is 44.2 Å². The molecular formula is C24H20N2O2S. The highest BCUT2D eigenvalue weighted by atomic mass is 32.2. The normalized spacial score (nSPS) is 10.5. The van der Waals surface area contributed by atoms with E-state index in [0.717, 1.165) is 21.0 Å². The number of hydrogen-bond donors (Lipinski definition) is 0. The van der Waals surface area contributed by atoms with E-state index >= 15 is 0 Å². The molecule has 4 aromatic rings. The zero-order chi connectivity index (χ0) is 19.7. The Morgan fingerprint density at radius 2 is 1.17 bits per heavy atom. The first kappa shape index (κ1) is 19.0. The minimum absolute atomic E-state index is 0.304. The van der Waals surface area contributed by atoms with Crippen molar-refractivity contribution >= 4 is 11.8 Å². The molecule has 0 spiro atoms. The van der Waals surface area contributed by atoms with Gasteiger partial charge in [-0.05, 0) is 23.3 Å². The van der Waals surface area contributed by atoms with Crippen LogP contribution in [-0.4, -0.2) is 9.97 Å². The SMILES string of the molecule is c1ccc(COc2cc(Sc3ccccc3)nc(OCc3ccccc3)n2)cc1. The van der Waals surface area contributed by atoms with E-state index in [1.165, 1.54) is 0 Å². The number of benzene rings is 3. The number of ether oxygens (including phenoxy) is 2. The lowest BCUT2D eigenvalue weighted by Crippen LogP contribution is -2.03. The van der Waals surface area contributed by atoms with E-state index in [1.807, 2.05) is 97.1 Å². The largest absolute Gasteiger partial charge is 0.473 e. The summed E-state index contributed by atoms with van der Waals surface area (Å²) in [6.07, 6.45) is 0. The molecule has 1 heterocycles. The number of rotatable bonds is 8. The van der Waals surface area contributed by atoms with Crippen LogP contribution in [0.4, 0.5) is 0 Å². The van der Waals surface area contributed by atoms with Gasteiger partial charge in [0.15, 0.2) is 0 Å². The van der Waals surface area contributed by atoms with Crippen molar-refractivity contribution in [1.29, 1.82) is 0 Å². The third-order valence-corrected chi connectivity index (χ3v) is 4.99. The van der Waals surface area contributed by atoms with Crippen LogP contribution in [0.1, 0.15) is 11.1 Å². The van der Waals surface area contributed by atoms with Crippen molar-refractivity contribution in [1.82, 2.24) is 9.97 Å². The fraction of sp³-hybridized carbons (Fsp3) is 0.0833. The van der Waals surface area contributed by atoms with Gasteiger partial charge in [0.2, 0.25) is 5.88 Å². The van der Waals surface area contributed by atoms with Crippen molar-refractivity contribution in [2.24, 2.45) is 0 Å². The first-order valence-electron chi connectivity index (χ1n) is 9.30. The molecule has 3 aromatic carbocycles. The molecule has 0 fully saturated rings. The smallest absolute Gasteiger partial charge is 0.321 e. The van der Waals surface area contributed by atoms with Gasteiger partial charge in [0.25, 0.3) is 0 Å². The molecule has 29 heavy (non-hydrogen) atoms. The minimum atomic E-state index is 0.304. The van der Waals surface area contributed by atoms with Crippen LogP contribution in [0.5, 0.6) is 11.9 Å². The number of nitrogens with zero attached hydrogens (tertiary/aromatic N) is 2. The van der Waals surface area contributed by atoms with Gasteiger partial charge in [0.1, 0.15) is 18.2 Å². The molecule has 0 amide bonds. The fourth-order valence-corrected chi connectivity index (χ4v) is 3.46. The molecule has 0 saturated heterocycles. The molecule has 1 aromatic heterocycles. The molecule has 0 aliphatic heterocycles. The summed E-state index contributed by atoms with van der Waals surface area (Å²) in [5, 5.41) is 0.775. The molecule has 0 bridgehead atoms. The van der Waals surface area contributed by atoms with Crippen LogP contribution in [0.25, 0.3) is 0 Å². The first-order valence-corrected chi connectivity index (χ1v) is 10.1. The molecule has 0 N–H and O–H groups in total. The molecule has 144 valence electrons. The molecule has 4 rings (SSSR count). The summed E-state index contributed by atoms with van der Waals surface area (Å²) < 4.78 is 11.8. The Labute approximate surface area is 174 Å². The van der Waals surface area contributed by atoms with Crippen LogP contribution < -0.4 is 9.47 Å². The zero-order valence-corrected chi connectivity index (χ0v) is 16.6. The van der Waals surface area contributed by atoms with Gasteiger partial charge in [0, 0.05) is 11.0 Å². The summed E-state index contributed by atoms with van der Waals surface area (Å²) in [5.74, 6) is 0.491. The fourth-order valence-electron chi connectivity index (χ4n) is 2.64. The lowest BCUT2D eigenvalue weighted by Gasteiger charge is -2.10. The van der Waals surface area contributed by atoms with Crippen molar-refractivity contribution < 1.29 is 9.47 Å². The molecule has 0 unspecified atom stereocenters. The average molecular weight is 401 g/mol. The maximum absolute atomic E-state index is 5.92. The molecular weight excluding hydrogens is 380 g/mol. The van der Waals surface area contributed by atoms with E-state index in [-0.39, 0.29) is 0 Å². The Bertz CT molecular complexity index is 967. The summed E-state index contributed by atoms with van der Waals surface area (Å²) in [4.78, 5) is 10.1. The van der Waals surface area contributed by atoms with Crippen LogP contribution >= 0.6 is 11.8 Å². The molecule has 0 aliphatic rings. The van der Waals surface area contributed by atoms with Gasteiger partial charge in [-0.15, -0.1) is 0 Å². The lowest BCUT2D eigenvalue weighted by molar-refractivity contribution is 0.255. The van der Waals surface area contributed by atoms with E-state index < -0.39 is 0 Å². The third kappa shape index (κ3) is 5.83. The van der Waals surface area contributed by atoms with Gasteiger partial charge in [0.05, 0.1) is 0 Å². The Kier molecular flexibility index (Phi) is 6.40. The summed E-state index contributed by atoms with van der Waals surface area (Å²) >= 11 is 1.55. The van der Waals surface area contributed by atoms with E-state index in [1.54, 1.807) is 11.8 Å². The highest BCUT2D eigenvalue weighted by molar-refractivity contribution is 7.99. The van der Waals surface area contributed by atoms with Crippen molar-refractivity contribution in [3.63, 3.8) is 0 Å². The van der Waals surface area contributed by atoms with Crippen LogP contribution in [0.15, 0.2) is 107 Å². The second kappa shape index (κ2) is 9.75. The van der Waals surface area contributed by atoms with Gasteiger partial charge < -0.3 is 9.47 Å². The average Bonchev–Trinajstić information content (AvgIpc) is 2.78. The first-order chi connectivity index (χ1) is 14.3. The summed E-state index contributed by atoms with van der Waals surface area (Å²) in [6.45, 7) is 0.837. The van der Waals surface area contributed by atoms with E-state index in [2.05, 4.69) is 9.97 Å². The zero-order valence-electron chi connectivity index (χ0n) is 15.8. The third-order valence-electron chi connectivity index (χ3n) is 4.06. The molecule has 5 heteroatoms. The summed E-state index contributed by atoms with van der Waals surface area (Å²) in [7, 11) is 0. The highest BCUT2D eigenvalue weighted by Crippen LogP contribution is 2.29. The second-order valence-electron chi connectivity index (χ2n) is 6.29. The molecule has 0 atom stereocenters. The number of aromatic nitrogens is 2. The lowest BCUT2D eigenvalue weighted by atomic mass is 10.2. The van der Waals surface area contributed by atoms with Crippen molar-refractivity contribution in [3.8, 4) is 11.9 Å². The van der Waals surface area contributed by atoms with Crippen molar-refractivity contribution in [2.45, 2.75) is 23.1 Å². The maximum atomic E-state index is 5.92. The van der Waals surface area contributed by atoms with E-state index in [9.17, 15) is 0 Å². The number of hydrogen-bond acceptors (Lipinski definition) is 5. The Morgan fingerprint density at radius 3 is 1.79 bits per heavy atom. The quantitative estimate of drug-likeness (QED) is 0.351. The Hall–Kier alpha value is -3.31. The van der Waals surface area contributed by atoms with Crippen molar-refractivity contribution in [2.75, 3.05) is 0 Å². The molecule has 0 aliphatic carbocycles. The minimum Gasteiger partial charge on any atom is -0.473 e.